The summed E-state index contributed by atoms with van der Waals surface area (Å²) in [5, 5.41) is 0. The van der Waals surface area contributed by atoms with Crippen LogP contribution in [-0.4, -0.2) is 13.2 Å². The Morgan fingerprint density at radius 3 is 2.06 bits per heavy atom. The monoisotopic (exact) mass is 456 g/mol. The molecular weight excluding hydrogens is 404 g/mol. The van der Waals surface area contributed by atoms with Crippen molar-refractivity contribution in [3.63, 3.8) is 0 Å². The van der Waals surface area contributed by atoms with Crippen LogP contribution in [0.5, 0.6) is 11.5 Å². The number of benzene rings is 1. The molecule has 0 N–H and O–H groups in total. The lowest BCUT2D eigenvalue weighted by Crippen LogP contribution is -2.21. The molecule has 2 heteroatoms. The second-order valence-electron chi connectivity index (χ2n) is 11.1. The van der Waals surface area contributed by atoms with Crippen LogP contribution in [0.25, 0.3) is 0 Å². The summed E-state index contributed by atoms with van der Waals surface area (Å²) in [7, 11) is 0. The van der Waals surface area contributed by atoms with E-state index in [2.05, 4.69) is 39.0 Å². The fourth-order valence-electron chi connectivity index (χ4n) is 6.21. The number of rotatable bonds is 14. The summed E-state index contributed by atoms with van der Waals surface area (Å²) >= 11 is 0. The number of ether oxygens (including phenoxy) is 2. The SMILES string of the molecule is CCCCCCC1CCC(c2cc(OCCC)ccc2OCC2CCC(CCC)CC2)CC1. The van der Waals surface area contributed by atoms with E-state index in [1.165, 1.54) is 102 Å². The summed E-state index contributed by atoms with van der Waals surface area (Å²) < 4.78 is 12.6. The van der Waals surface area contributed by atoms with Crippen molar-refractivity contribution in [1.29, 1.82) is 0 Å². The van der Waals surface area contributed by atoms with Crippen LogP contribution in [-0.2, 0) is 0 Å². The lowest BCUT2D eigenvalue weighted by atomic mass is 9.76. The highest BCUT2D eigenvalue weighted by Gasteiger charge is 2.26. The van der Waals surface area contributed by atoms with Gasteiger partial charge < -0.3 is 9.47 Å². The second kappa shape index (κ2) is 14.9. The molecule has 33 heavy (non-hydrogen) atoms. The molecule has 2 fully saturated rings. The van der Waals surface area contributed by atoms with Gasteiger partial charge in [0.2, 0.25) is 0 Å². The minimum Gasteiger partial charge on any atom is -0.494 e. The Morgan fingerprint density at radius 1 is 0.667 bits per heavy atom. The molecule has 0 spiro atoms. The number of unbranched alkanes of at least 4 members (excludes halogenated alkanes) is 3. The predicted octanol–water partition coefficient (Wildman–Crippen LogP) is 9.70. The first kappa shape index (κ1) is 26.4. The largest absolute Gasteiger partial charge is 0.494 e. The predicted molar refractivity (Wildman–Crippen MR) is 142 cm³/mol. The van der Waals surface area contributed by atoms with Gasteiger partial charge in [-0.3, -0.25) is 0 Å². The second-order valence-corrected chi connectivity index (χ2v) is 11.1. The zero-order chi connectivity index (χ0) is 23.3. The van der Waals surface area contributed by atoms with Gasteiger partial charge in [0.05, 0.1) is 13.2 Å². The zero-order valence-corrected chi connectivity index (χ0v) is 22.1. The molecule has 0 atom stereocenters. The molecule has 0 unspecified atom stereocenters. The van der Waals surface area contributed by atoms with Crippen LogP contribution in [0.1, 0.15) is 135 Å². The van der Waals surface area contributed by atoms with Gasteiger partial charge in [-0.1, -0.05) is 78.6 Å². The fourth-order valence-corrected chi connectivity index (χ4v) is 6.21. The highest BCUT2D eigenvalue weighted by atomic mass is 16.5. The van der Waals surface area contributed by atoms with Gasteiger partial charge in [0.15, 0.2) is 0 Å². The van der Waals surface area contributed by atoms with E-state index >= 15 is 0 Å². The van der Waals surface area contributed by atoms with Gasteiger partial charge in [0.25, 0.3) is 0 Å². The molecule has 0 radical (unpaired) electrons. The molecule has 0 aliphatic heterocycles. The Morgan fingerprint density at radius 2 is 1.36 bits per heavy atom. The van der Waals surface area contributed by atoms with Gasteiger partial charge in [-0.25, -0.2) is 0 Å². The molecule has 188 valence electrons. The maximum Gasteiger partial charge on any atom is 0.123 e. The van der Waals surface area contributed by atoms with Gasteiger partial charge in [-0.15, -0.1) is 0 Å². The molecule has 2 aliphatic rings. The number of hydrogen-bond acceptors (Lipinski definition) is 2. The first-order chi connectivity index (χ1) is 16.2. The average molecular weight is 457 g/mol. The summed E-state index contributed by atoms with van der Waals surface area (Å²) in [6.45, 7) is 8.50. The van der Waals surface area contributed by atoms with E-state index in [9.17, 15) is 0 Å². The van der Waals surface area contributed by atoms with Crippen molar-refractivity contribution in [3.05, 3.63) is 23.8 Å². The van der Waals surface area contributed by atoms with E-state index in [1.807, 2.05) is 0 Å². The minimum absolute atomic E-state index is 0.636. The Labute approximate surface area is 205 Å². The molecule has 0 saturated heterocycles. The van der Waals surface area contributed by atoms with Gasteiger partial charge in [0, 0.05) is 5.56 Å². The standard InChI is InChI=1S/C31H52O2/c1-4-7-8-9-11-26-16-18-28(19-17-26)30-23-29(32-22-6-3)20-21-31(30)33-24-27-14-12-25(10-5-2)13-15-27/h20-21,23,25-28H,4-19,22,24H2,1-3H3. The van der Waals surface area contributed by atoms with Gasteiger partial charge in [0.1, 0.15) is 11.5 Å². The molecule has 0 bridgehead atoms. The van der Waals surface area contributed by atoms with E-state index < -0.39 is 0 Å². The summed E-state index contributed by atoms with van der Waals surface area (Å²) in [5.41, 5.74) is 1.42. The van der Waals surface area contributed by atoms with E-state index in [0.717, 1.165) is 48.9 Å². The van der Waals surface area contributed by atoms with Crippen LogP contribution in [0.2, 0.25) is 0 Å². The van der Waals surface area contributed by atoms with Crippen LogP contribution >= 0.6 is 0 Å². The van der Waals surface area contributed by atoms with Crippen LogP contribution in [0.4, 0.5) is 0 Å². The zero-order valence-electron chi connectivity index (χ0n) is 22.1. The maximum atomic E-state index is 6.55. The topological polar surface area (TPSA) is 18.5 Å². The van der Waals surface area contributed by atoms with Crippen molar-refractivity contribution in [3.8, 4) is 11.5 Å². The van der Waals surface area contributed by atoms with Gasteiger partial charge >= 0.3 is 0 Å². The molecule has 3 rings (SSSR count). The lowest BCUT2D eigenvalue weighted by Gasteiger charge is -2.31. The third-order valence-electron chi connectivity index (χ3n) is 8.34. The van der Waals surface area contributed by atoms with Gasteiger partial charge in [-0.2, -0.15) is 0 Å². The molecular formula is C31H52O2. The third-order valence-corrected chi connectivity index (χ3v) is 8.34. The molecule has 2 aliphatic carbocycles. The quantitative estimate of drug-likeness (QED) is 0.259. The molecule has 0 amide bonds. The van der Waals surface area contributed by atoms with Crippen LogP contribution in [0.3, 0.4) is 0 Å². The van der Waals surface area contributed by atoms with Crippen molar-refractivity contribution < 1.29 is 9.47 Å². The lowest BCUT2D eigenvalue weighted by molar-refractivity contribution is 0.176. The Kier molecular flexibility index (Phi) is 12.0. The molecule has 2 saturated carbocycles. The normalized spacial score (nSPS) is 25.7. The van der Waals surface area contributed by atoms with E-state index in [1.54, 1.807) is 0 Å². The Bertz CT molecular complexity index is 638. The highest BCUT2D eigenvalue weighted by Crippen LogP contribution is 2.43. The summed E-state index contributed by atoms with van der Waals surface area (Å²) in [5.74, 6) is 5.45. The van der Waals surface area contributed by atoms with Crippen molar-refractivity contribution >= 4 is 0 Å². The van der Waals surface area contributed by atoms with E-state index in [4.69, 9.17) is 9.47 Å². The van der Waals surface area contributed by atoms with Crippen LogP contribution in [0.15, 0.2) is 18.2 Å². The smallest absolute Gasteiger partial charge is 0.123 e. The first-order valence-electron chi connectivity index (χ1n) is 14.6. The average Bonchev–Trinajstić information content (AvgIpc) is 2.86. The fraction of sp³-hybridized carbons (Fsp3) is 0.806. The summed E-state index contributed by atoms with van der Waals surface area (Å²) in [6, 6.07) is 6.65. The molecule has 1 aromatic rings. The summed E-state index contributed by atoms with van der Waals surface area (Å²) in [4.78, 5) is 0. The van der Waals surface area contributed by atoms with E-state index in [-0.39, 0.29) is 0 Å². The molecule has 0 aromatic heterocycles. The first-order valence-corrected chi connectivity index (χ1v) is 14.6. The van der Waals surface area contributed by atoms with Crippen molar-refractivity contribution in [2.24, 2.45) is 17.8 Å². The molecule has 0 heterocycles. The van der Waals surface area contributed by atoms with Crippen molar-refractivity contribution in [1.82, 2.24) is 0 Å². The van der Waals surface area contributed by atoms with E-state index in [0.29, 0.717) is 5.92 Å². The summed E-state index contributed by atoms with van der Waals surface area (Å²) in [6.07, 6.45) is 21.7. The molecule has 2 nitrogen and oxygen atoms in total. The van der Waals surface area contributed by atoms with Crippen molar-refractivity contribution in [2.45, 2.75) is 129 Å². The molecule has 1 aromatic carbocycles. The number of hydrogen-bond donors (Lipinski definition) is 0. The maximum absolute atomic E-state index is 6.55. The Hall–Kier alpha value is -1.18. The Balaban J connectivity index is 1.56. The van der Waals surface area contributed by atoms with Crippen molar-refractivity contribution in [2.75, 3.05) is 13.2 Å². The minimum atomic E-state index is 0.636. The van der Waals surface area contributed by atoms with Crippen LogP contribution in [0, 0.1) is 17.8 Å². The van der Waals surface area contributed by atoms with Gasteiger partial charge in [-0.05, 0) is 86.8 Å². The highest BCUT2D eigenvalue weighted by molar-refractivity contribution is 5.43. The van der Waals surface area contributed by atoms with Crippen LogP contribution < -0.4 is 9.47 Å². The third kappa shape index (κ3) is 8.84.